The molecular weight excluding hydrogens is 317 g/mol. The van der Waals surface area contributed by atoms with Crippen LogP contribution in [0.5, 0.6) is 0 Å². The molecule has 2 amide bonds. The zero-order chi connectivity index (χ0) is 17.5. The highest BCUT2D eigenvalue weighted by atomic mass is 19.4. The topological polar surface area (TPSA) is 76.7 Å². The van der Waals surface area contributed by atoms with Crippen LogP contribution in [0.15, 0.2) is 24.3 Å². The summed E-state index contributed by atoms with van der Waals surface area (Å²) in [5, 5.41) is 4.65. The number of amides is 2. The fourth-order valence-electron chi connectivity index (χ4n) is 1.65. The van der Waals surface area contributed by atoms with E-state index in [0.717, 1.165) is 24.3 Å². The second-order valence-electron chi connectivity index (χ2n) is 4.28. The average Bonchev–Trinajstić information content (AvgIpc) is 2.46. The van der Waals surface area contributed by atoms with Crippen molar-refractivity contribution in [3.05, 3.63) is 35.4 Å². The van der Waals surface area contributed by atoms with Crippen molar-refractivity contribution in [1.82, 2.24) is 10.6 Å². The van der Waals surface area contributed by atoms with Crippen LogP contribution in [0.3, 0.4) is 0 Å². The minimum absolute atomic E-state index is 0.102. The first-order chi connectivity index (χ1) is 10.8. The molecule has 0 aromatic heterocycles. The van der Waals surface area contributed by atoms with Crippen molar-refractivity contribution in [3.8, 4) is 0 Å². The van der Waals surface area contributed by atoms with E-state index in [-0.39, 0.29) is 18.8 Å². The molecule has 0 aliphatic heterocycles. The SMILES string of the molecule is CCOC(=O)NC(NC(=O)OCC)c1ccc(C(F)(F)F)cc1. The van der Waals surface area contributed by atoms with E-state index in [1.165, 1.54) is 0 Å². The zero-order valence-electron chi connectivity index (χ0n) is 12.6. The Morgan fingerprint density at radius 3 is 1.78 bits per heavy atom. The van der Waals surface area contributed by atoms with Gasteiger partial charge in [0.15, 0.2) is 0 Å². The van der Waals surface area contributed by atoms with E-state index in [1.807, 2.05) is 0 Å². The van der Waals surface area contributed by atoms with Crippen molar-refractivity contribution in [1.29, 1.82) is 0 Å². The molecule has 0 saturated heterocycles. The number of nitrogens with one attached hydrogen (secondary N) is 2. The Labute approximate surface area is 130 Å². The molecule has 1 aromatic rings. The van der Waals surface area contributed by atoms with Crippen LogP contribution < -0.4 is 10.6 Å². The molecule has 0 heterocycles. The van der Waals surface area contributed by atoms with Gasteiger partial charge in [0.2, 0.25) is 0 Å². The number of alkyl halides is 3. The lowest BCUT2D eigenvalue weighted by Gasteiger charge is -2.20. The minimum Gasteiger partial charge on any atom is -0.450 e. The molecule has 1 aromatic carbocycles. The Morgan fingerprint density at radius 1 is 1.00 bits per heavy atom. The molecule has 0 bridgehead atoms. The van der Waals surface area contributed by atoms with E-state index < -0.39 is 30.1 Å². The van der Waals surface area contributed by atoms with Gasteiger partial charge < -0.3 is 9.47 Å². The average molecular weight is 334 g/mol. The molecule has 0 aliphatic carbocycles. The van der Waals surface area contributed by atoms with Gasteiger partial charge in [0.1, 0.15) is 6.17 Å². The van der Waals surface area contributed by atoms with Crippen LogP contribution in [0.2, 0.25) is 0 Å². The van der Waals surface area contributed by atoms with Gasteiger partial charge in [0.05, 0.1) is 18.8 Å². The van der Waals surface area contributed by atoms with Gasteiger partial charge in [-0.1, -0.05) is 12.1 Å². The number of carbonyl (C=O) groups excluding carboxylic acids is 2. The van der Waals surface area contributed by atoms with Gasteiger partial charge in [0.25, 0.3) is 0 Å². The molecule has 0 spiro atoms. The molecule has 0 aliphatic rings. The molecule has 9 heteroatoms. The molecule has 128 valence electrons. The summed E-state index contributed by atoms with van der Waals surface area (Å²) in [6, 6.07) is 3.99. The maximum Gasteiger partial charge on any atom is 0.416 e. The molecule has 0 atom stereocenters. The summed E-state index contributed by atoms with van der Waals surface area (Å²) < 4.78 is 47.1. The third-order valence-corrected chi connectivity index (χ3v) is 2.65. The molecule has 0 saturated carbocycles. The van der Waals surface area contributed by atoms with E-state index in [1.54, 1.807) is 13.8 Å². The van der Waals surface area contributed by atoms with Gasteiger partial charge >= 0.3 is 18.4 Å². The predicted octanol–water partition coefficient (Wildman–Crippen LogP) is 3.20. The third kappa shape index (κ3) is 6.05. The number of halogens is 3. The Kier molecular flexibility index (Phi) is 6.67. The molecule has 6 nitrogen and oxygen atoms in total. The first kappa shape index (κ1) is 18.6. The van der Waals surface area contributed by atoms with Crippen LogP contribution >= 0.6 is 0 Å². The Hall–Kier alpha value is -2.45. The fraction of sp³-hybridized carbons (Fsp3) is 0.429. The zero-order valence-corrected chi connectivity index (χ0v) is 12.6. The summed E-state index contributed by atoms with van der Waals surface area (Å²) in [6.45, 7) is 3.38. The lowest BCUT2D eigenvalue weighted by atomic mass is 10.1. The Balaban J connectivity index is 2.93. The molecule has 0 fully saturated rings. The van der Waals surface area contributed by atoms with E-state index in [9.17, 15) is 22.8 Å². The summed E-state index contributed by atoms with van der Waals surface area (Å²) in [6.07, 6.45) is -7.21. The molecule has 1 rings (SSSR count). The minimum atomic E-state index is -4.48. The standard InChI is InChI=1S/C14H17F3N2O4/c1-3-22-12(20)18-11(19-13(21)23-4-2)9-5-7-10(8-6-9)14(15,16)17/h5-8,11H,3-4H2,1-2H3,(H,18,20)(H,19,21). The number of alkyl carbamates (subject to hydrolysis) is 2. The van der Waals surface area contributed by atoms with Crippen molar-refractivity contribution in [2.24, 2.45) is 0 Å². The molecule has 0 radical (unpaired) electrons. The predicted molar refractivity (Wildman–Crippen MR) is 74.5 cm³/mol. The number of hydrogen-bond acceptors (Lipinski definition) is 4. The fourth-order valence-corrected chi connectivity index (χ4v) is 1.65. The molecule has 2 N–H and O–H groups in total. The quantitative estimate of drug-likeness (QED) is 0.811. The van der Waals surface area contributed by atoms with Crippen molar-refractivity contribution in [2.75, 3.05) is 13.2 Å². The number of benzene rings is 1. The van der Waals surface area contributed by atoms with Gasteiger partial charge in [-0.25, -0.2) is 9.59 Å². The monoisotopic (exact) mass is 334 g/mol. The van der Waals surface area contributed by atoms with Crippen molar-refractivity contribution >= 4 is 12.2 Å². The van der Waals surface area contributed by atoms with Crippen LogP contribution in [-0.4, -0.2) is 25.4 Å². The molecule has 0 unspecified atom stereocenters. The first-order valence-electron chi connectivity index (χ1n) is 6.81. The highest BCUT2D eigenvalue weighted by molar-refractivity contribution is 5.71. The van der Waals surface area contributed by atoms with Crippen molar-refractivity contribution < 1.29 is 32.2 Å². The summed E-state index contributed by atoms with van der Waals surface area (Å²) in [7, 11) is 0. The lowest BCUT2D eigenvalue weighted by Crippen LogP contribution is -2.41. The second kappa shape index (κ2) is 8.25. The van der Waals surface area contributed by atoms with Gasteiger partial charge in [-0.15, -0.1) is 0 Å². The first-order valence-corrected chi connectivity index (χ1v) is 6.81. The van der Waals surface area contributed by atoms with Gasteiger partial charge in [-0.2, -0.15) is 13.2 Å². The largest absolute Gasteiger partial charge is 0.450 e. The maximum absolute atomic E-state index is 12.6. The number of rotatable bonds is 5. The van der Waals surface area contributed by atoms with E-state index in [0.29, 0.717) is 0 Å². The summed E-state index contributed by atoms with van der Waals surface area (Å²) >= 11 is 0. The number of hydrogen-bond donors (Lipinski definition) is 2. The lowest BCUT2D eigenvalue weighted by molar-refractivity contribution is -0.137. The van der Waals surface area contributed by atoms with Crippen LogP contribution in [0.25, 0.3) is 0 Å². The third-order valence-electron chi connectivity index (χ3n) is 2.65. The highest BCUT2D eigenvalue weighted by Crippen LogP contribution is 2.29. The van der Waals surface area contributed by atoms with Crippen LogP contribution in [-0.2, 0) is 15.7 Å². The van der Waals surface area contributed by atoms with E-state index >= 15 is 0 Å². The number of carbonyl (C=O) groups is 2. The van der Waals surface area contributed by atoms with E-state index in [4.69, 9.17) is 9.47 Å². The van der Waals surface area contributed by atoms with Crippen LogP contribution in [0.1, 0.15) is 31.1 Å². The summed E-state index contributed by atoms with van der Waals surface area (Å²) in [4.78, 5) is 23.0. The Bertz CT molecular complexity index is 512. The molecule has 23 heavy (non-hydrogen) atoms. The summed E-state index contributed by atoms with van der Waals surface area (Å²) in [5.41, 5.74) is -0.605. The highest BCUT2D eigenvalue weighted by Gasteiger charge is 2.30. The van der Waals surface area contributed by atoms with E-state index in [2.05, 4.69) is 10.6 Å². The van der Waals surface area contributed by atoms with Gasteiger partial charge in [-0.3, -0.25) is 10.6 Å². The van der Waals surface area contributed by atoms with Crippen molar-refractivity contribution in [2.45, 2.75) is 26.2 Å². The summed E-state index contributed by atoms with van der Waals surface area (Å²) in [5.74, 6) is 0. The number of ether oxygens (including phenoxy) is 2. The van der Waals surface area contributed by atoms with Crippen LogP contribution in [0, 0.1) is 0 Å². The van der Waals surface area contributed by atoms with Crippen LogP contribution in [0.4, 0.5) is 22.8 Å². The maximum atomic E-state index is 12.6. The van der Waals surface area contributed by atoms with Crippen molar-refractivity contribution in [3.63, 3.8) is 0 Å². The second-order valence-corrected chi connectivity index (χ2v) is 4.28. The Morgan fingerprint density at radius 2 is 1.43 bits per heavy atom. The van der Waals surface area contributed by atoms with Gasteiger partial charge in [-0.05, 0) is 31.5 Å². The molecular formula is C14H17F3N2O4. The normalized spacial score (nSPS) is 11.0. The van der Waals surface area contributed by atoms with Gasteiger partial charge in [0, 0.05) is 0 Å². The smallest absolute Gasteiger partial charge is 0.416 e.